The molecule has 2 fully saturated rings. The number of barbiturate groups is 1. The Morgan fingerprint density at radius 1 is 1.00 bits per heavy atom. The molecule has 120 valence electrons. The summed E-state index contributed by atoms with van der Waals surface area (Å²) in [6.07, 6.45) is 1.56. The van der Waals surface area contributed by atoms with Gasteiger partial charge in [-0.15, -0.1) is 0 Å². The Bertz CT molecular complexity index is 663. The van der Waals surface area contributed by atoms with Gasteiger partial charge in [0, 0.05) is 32.4 Å². The van der Waals surface area contributed by atoms with Gasteiger partial charge in [-0.25, -0.2) is 9.69 Å². The van der Waals surface area contributed by atoms with Crippen molar-refractivity contribution in [3.63, 3.8) is 0 Å². The van der Waals surface area contributed by atoms with Crippen LogP contribution in [0.25, 0.3) is 0 Å². The van der Waals surface area contributed by atoms with Gasteiger partial charge in [0.25, 0.3) is 11.8 Å². The van der Waals surface area contributed by atoms with E-state index >= 15 is 0 Å². The zero-order valence-corrected chi connectivity index (χ0v) is 12.9. The van der Waals surface area contributed by atoms with Crippen LogP contribution in [-0.2, 0) is 9.59 Å². The van der Waals surface area contributed by atoms with Crippen LogP contribution in [0, 0.1) is 0 Å². The molecule has 7 nitrogen and oxygen atoms in total. The summed E-state index contributed by atoms with van der Waals surface area (Å²) in [5, 5.41) is 2.23. The van der Waals surface area contributed by atoms with Crippen molar-refractivity contribution < 1.29 is 14.4 Å². The average Bonchev–Trinajstić information content (AvgIpc) is 2.54. The summed E-state index contributed by atoms with van der Waals surface area (Å²) in [6.45, 7) is 3.20. The van der Waals surface area contributed by atoms with E-state index < -0.39 is 17.8 Å². The van der Waals surface area contributed by atoms with Gasteiger partial charge < -0.3 is 9.80 Å². The fraction of sp³-hybridized carbons (Fsp3) is 0.312. The number of likely N-dealkylation sites (N-methyl/N-ethyl adjacent to an activating group) is 1. The van der Waals surface area contributed by atoms with Crippen LogP contribution in [0.5, 0.6) is 0 Å². The first kappa shape index (κ1) is 15.2. The van der Waals surface area contributed by atoms with E-state index in [0.717, 1.165) is 31.1 Å². The monoisotopic (exact) mass is 314 g/mol. The molecule has 0 spiro atoms. The Morgan fingerprint density at radius 2 is 1.65 bits per heavy atom. The molecule has 0 bridgehead atoms. The van der Waals surface area contributed by atoms with Gasteiger partial charge in [-0.2, -0.15) is 0 Å². The van der Waals surface area contributed by atoms with Crippen molar-refractivity contribution in [2.45, 2.75) is 0 Å². The van der Waals surface area contributed by atoms with Crippen molar-refractivity contribution in [2.24, 2.45) is 0 Å². The van der Waals surface area contributed by atoms with Crippen LogP contribution in [0.2, 0.25) is 0 Å². The molecule has 23 heavy (non-hydrogen) atoms. The molecule has 1 N–H and O–H groups in total. The highest BCUT2D eigenvalue weighted by molar-refractivity contribution is 6.37. The number of nitrogens with one attached hydrogen (secondary N) is 1. The summed E-state index contributed by atoms with van der Waals surface area (Å²) in [5.74, 6) is -1.24. The molecule has 2 aliphatic rings. The highest BCUT2D eigenvalue weighted by Gasteiger charge is 2.37. The van der Waals surface area contributed by atoms with Gasteiger partial charge in [0.15, 0.2) is 0 Å². The maximum Gasteiger partial charge on any atom is 0.335 e. The molecule has 2 aliphatic heterocycles. The molecule has 2 saturated heterocycles. The van der Waals surface area contributed by atoms with Crippen molar-refractivity contribution in [2.75, 3.05) is 38.1 Å². The number of hydrogen-bond acceptors (Lipinski definition) is 5. The molecule has 7 heteroatoms. The Balaban J connectivity index is 1.87. The third kappa shape index (κ3) is 3.09. The summed E-state index contributed by atoms with van der Waals surface area (Å²) in [7, 11) is 2.03. The third-order valence-corrected chi connectivity index (χ3v) is 3.97. The normalized spacial score (nSPS) is 21.8. The molecule has 0 aromatic heterocycles. The number of anilines is 1. The summed E-state index contributed by atoms with van der Waals surface area (Å²) in [6, 6.07) is 7.84. The first-order chi connectivity index (χ1) is 11.1. The van der Waals surface area contributed by atoms with E-state index in [9.17, 15) is 14.4 Å². The van der Waals surface area contributed by atoms with Crippen LogP contribution in [0.1, 0.15) is 0 Å². The minimum atomic E-state index is -0.721. The molecule has 0 saturated carbocycles. The van der Waals surface area contributed by atoms with Crippen LogP contribution in [0.3, 0.4) is 0 Å². The van der Waals surface area contributed by atoms with E-state index in [2.05, 4.69) is 10.2 Å². The second-order valence-electron chi connectivity index (χ2n) is 5.62. The smallest absolute Gasteiger partial charge is 0.335 e. The van der Waals surface area contributed by atoms with Gasteiger partial charge in [-0.05, 0) is 19.2 Å². The Hall–Kier alpha value is -2.67. The highest BCUT2D eigenvalue weighted by Crippen LogP contribution is 2.20. The molecule has 0 unspecified atom stereocenters. The highest BCUT2D eigenvalue weighted by atomic mass is 16.2. The SMILES string of the molecule is CN1CCN(C=C2C(=O)NC(=O)N(c3ccccc3)C2=O)CC1. The number of nitrogens with zero attached hydrogens (tertiary/aromatic N) is 3. The van der Waals surface area contributed by atoms with Gasteiger partial charge in [-0.1, -0.05) is 18.2 Å². The third-order valence-electron chi connectivity index (χ3n) is 3.97. The molecule has 3 rings (SSSR count). The molecular weight excluding hydrogens is 296 g/mol. The average molecular weight is 314 g/mol. The van der Waals surface area contributed by atoms with E-state index in [1.165, 1.54) is 0 Å². The van der Waals surface area contributed by atoms with Crippen molar-refractivity contribution in [1.82, 2.24) is 15.1 Å². The number of hydrogen-bond donors (Lipinski definition) is 1. The lowest BCUT2D eigenvalue weighted by molar-refractivity contribution is -0.122. The lowest BCUT2D eigenvalue weighted by Crippen LogP contribution is -2.55. The van der Waals surface area contributed by atoms with Crippen LogP contribution >= 0.6 is 0 Å². The topological polar surface area (TPSA) is 73.0 Å². The number of imide groups is 2. The number of rotatable bonds is 2. The van der Waals surface area contributed by atoms with Crippen molar-refractivity contribution in [3.05, 3.63) is 42.1 Å². The minimum Gasteiger partial charge on any atom is -0.374 e. The summed E-state index contributed by atoms with van der Waals surface area (Å²) < 4.78 is 0. The van der Waals surface area contributed by atoms with Crippen molar-refractivity contribution >= 4 is 23.5 Å². The molecule has 0 aliphatic carbocycles. The number of para-hydroxylation sites is 1. The van der Waals surface area contributed by atoms with Gasteiger partial charge in [0.05, 0.1) is 5.69 Å². The van der Waals surface area contributed by atoms with Crippen LogP contribution in [0.15, 0.2) is 42.1 Å². The number of carbonyl (C=O) groups is 3. The molecule has 4 amide bonds. The predicted octanol–water partition coefficient (Wildman–Crippen LogP) is 0.401. The second kappa shape index (κ2) is 6.21. The van der Waals surface area contributed by atoms with Gasteiger partial charge in [0.1, 0.15) is 5.57 Å². The number of urea groups is 1. The van der Waals surface area contributed by atoms with E-state index in [1.54, 1.807) is 36.5 Å². The lowest BCUT2D eigenvalue weighted by Gasteiger charge is -2.33. The first-order valence-electron chi connectivity index (χ1n) is 7.45. The zero-order valence-electron chi connectivity index (χ0n) is 12.9. The molecular formula is C16H18N4O3. The maximum absolute atomic E-state index is 12.6. The van der Waals surface area contributed by atoms with E-state index in [4.69, 9.17) is 0 Å². The molecule has 1 aromatic carbocycles. The molecule has 0 radical (unpaired) electrons. The lowest BCUT2D eigenvalue weighted by atomic mass is 10.1. The maximum atomic E-state index is 12.6. The molecule has 1 aromatic rings. The quantitative estimate of drug-likeness (QED) is 0.632. The summed E-state index contributed by atoms with van der Waals surface area (Å²) in [5.41, 5.74) is 0.421. The molecule has 0 atom stereocenters. The number of carbonyl (C=O) groups excluding carboxylic acids is 3. The van der Waals surface area contributed by atoms with Crippen LogP contribution in [-0.4, -0.2) is 60.9 Å². The summed E-state index contributed by atoms with van der Waals surface area (Å²) in [4.78, 5) is 41.8. The largest absolute Gasteiger partial charge is 0.374 e. The molecule has 2 heterocycles. The number of amides is 4. The van der Waals surface area contributed by atoms with Crippen molar-refractivity contribution in [3.8, 4) is 0 Å². The van der Waals surface area contributed by atoms with Gasteiger partial charge in [0.2, 0.25) is 0 Å². The number of benzene rings is 1. The second-order valence-corrected chi connectivity index (χ2v) is 5.62. The summed E-state index contributed by atoms with van der Waals surface area (Å²) >= 11 is 0. The Kier molecular flexibility index (Phi) is 4.12. The first-order valence-corrected chi connectivity index (χ1v) is 7.45. The minimum absolute atomic E-state index is 0.0157. The number of piperazine rings is 1. The zero-order chi connectivity index (χ0) is 16.4. The van der Waals surface area contributed by atoms with Crippen LogP contribution < -0.4 is 10.2 Å². The van der Waals surface area contributed by atoms with Crippen molar-refractivity contribution in [1.29, 1.82) is 0 Å². The van der Waals surface area contributed by atoms with Gasteiger partial charge in [-0.3, -0.25) is 14.9 Å². The van der Waals surface area contributed by atoms with Crippen LogP contribution in [0.4, 0.5) is 10.5 Å². The standard InChI is InChI=1S/C16H18N4O3/c1-18-7-9-19(10-8-18)11-13-14(21)17-16(23)20(15(13)22)12-5-3-2-4-6-12/h2-6,11H,7-10H2,1H3,(H,17,21,23). The van der Waals surface area contributed by atoms with E-state index in [1.807, 2.05) is 11.9 Å². The Labute approximate surface area is 134 Å². The fourth-order valence-corrected chi connectivity index (χ4v) is 2.59. The fourth-order valence-electron chi connectivity index (χ4n) is 2.59. The van der Waals surface area contributed by atoms with E-state index in [-0.39, 0.29) is 5.57 Å². The Morgan fingerprint density at radius 3 is 2.30 bits per heavy atom. The van der Waals surface area contributed by atoms with E-state index in [0.29, 0.717) is 5.69 Å². The predicted molar refractivity (Wildman–Crippen MR) is 84.6 cm³/mol. The van der Waals surface area contributed by atoms with Gasteiger partial charge >= 0.3 is 6.03 Å².